The van der Waals surface area contributed by atoms with E-state index in [1.165, 1.54) is 4.90 Å². The lowest BCUT2D eigenvalue weighted by Gasteiger charge is -2.14. The molecule has 0 aliphatic carbocycles. The third-order valence-corrected chi connectivity index (χ3v) is 6.55. The number of carbonyl (C=O) groups is 2. The molecule has 5 rings (SSSR count). The van der Waals surface area contributed by atoms with E-state index in [1.54, 1.807) is 6.08 Å². The summed E-state index contributed by atoms with van der Waals surface area (Å²) >= 11 is 0.936. The number of ether oxygens (including phenoxy) is 2. The summed E-state index contributed by atoms with van der Waals surface area (Å²) in [6, 6.07) is 31.1. The van der Waals surface area contributed by atoms with Crippen LogP contribution in [0.4, 0.5) is 4.79 Å². The van der Waals surface area contributed by atoms with Crippen molar-refractivity contribution >= 4 is 39.8 Å². The maximum atomic E-state index is 13.0. The highest BCUT2D eigenvalue weighted by Gasteiger charge is 2.35. The lowest BCUT2D eigenvalue weighted by Crippen LogP contribution is -2.32. The summed E-state index contributed by atoms with van der Waals surface area (Å²) in [6.07, 6.45) is 1.72. The molecule has 6 heteroatoms. The summed E-state index contributed by atoms with van der Waals surface area (Å²) in [6.45, 7) is 0.812. The number of para-hydroxylation sites is 1. The minimum atomic E-state index is -0.320. The van der Waals surface area contributed by atoms with Crippen molar-refractivity contribution in [1.29, 1.82) is 0 Å². The average Bonchev–Trinajstić information content (AvgIpc) is 3.16. The van der Waals surface area contributed by atoms with Gasteiger partial charge in [0.05, 0.1) is 11.4 Å². The molecule has 2 amide bonds. The quantitative estimate of drug-likeness (QED) is 0.268. The summed E-state index contributed by atoms with van der Waals surface area (Å²) in [5, 5.41) is 1.77. The molecule has 0 N–H and O–H groups in total. The Kier molecular flexibility index (Phi) is 6.82. The van der Waals surface area contributed by atoms with Crippen LogP contribution in [-0.4, -0.2) is 29.2 Å². The lowest BCUT2D eigenvalue weighted by molar-refractivity contribution is -0.123. The number of rotatable bonds is 8. The molecule has 1 aliphatic heterocycles. The first-order chi connectivity index (χ1) is 17.2. The Morgan fingerprint density at radius 2 is 1.46 bits per heavy atom. The van der Waals surface area contributed by atoms with E-state index in [1.807, 2.05) is 97.1 Å². The van der Waals surface area contributed by atoms with Gasteiger partial charge in [-0.05, 0) is 40.9 Å². The number of nitrogens with zero attached hydrogens (tertiary/aromatic N) is 1. The maximum absolute atomic E-state index is 13.0. The van der Waals surface area contributed by atoms with Crippen LogP contribution in [0.25, 0.3) is 16.8 Å². The van der Waals surface area contributed by atoms with Crippen molar-refractivity contribution in [2.24, 2.45) is 0 Å². The number of benzene rings is 4. The van der Waals surface area contributed by atoms with E-state index in [4.69, 9.17) is 9.47 Å². The average molecular weight is 482 g/mol. The van der Waals surface area contributed by atoms with Crippen LogP contribution in [0.15, 0.2) is 102 Å². The molecule has 174 valence electrons. The molecule has 1 heterocycles. The Bertz CT molecular complexity index is 1390. The highest BCUT2D eigenvalue weighted by Crippen LogP contribution is 2.34. The summed E-state index contributed by atoms with van der Waals surface area (Å²) in [5.74, 6) is 1.07. The van der Waals surface area contributed by atoms with Gasteiger partial charge in [0, 0.05) is 10.9 Å². The molecule has 0 radical (unpaired) electrons. The molecular weight excluding hydrogens is 458 g/mol. The van der Waals surface area contributed by atoms with Gasteiger partial charge in [-0.25, -0.2) is 0 Å². The topological polar surface area (TPSA) is 55.8 Å². The van der Waals surface area contributed by atoms with Crippen molar-refractivity contribution in [1.82, 2.24) is 4.90 Å². The van der Waals surface area contributed by atoms with E-state index in [0.717, 1.165) is 39.4 Å². The smallest absolute Gasteiger partial charge is 0.293 e. The standard InChI is InChI=1S/C29H23NO4S/c31-28-27(19-23-12-5-7-15-25(23)34-20-21-9-2-1-3-10-21)35-29(32)30(28)17-18-33-26-16-8-13-22-11-4-6-14-24(22)26/h1-16,19H,17-18,20H2/b27-19-. The van der Waals surface area contributed by atoms with E-state index in [0.29, 0.717) is 17.3 Å². The minimum absolute atomic E-state index is 0.178. The van der Waals surface area contributed by atoms with Crippen LogP contribution in [0.1, 0.15) is 11.1 Å². The Balaban J connectivity index is 1.25. The van der Waals surface area contributed by atoms with Crippen molar-refractivity contribution in [2.45, 2.75) is 6.61 Å². The molecule has 4 aromatic carbocycles. The Morgan fingerprint density at radius 3 is 2.34 bits per heavy atom. The van der Waals surface area contributed by atoms with Gasteiger partial charge in [-0.1, -0.05) is 84.9 Å². The maximum Gasteiger partial charge on any atom is 0.293 e. The summed E-state index contributed by atoms with van der Waals surface area (Å²) in [7, 11) is 0. The number of fused-ring (bicyclic) bond motifs is 1. The van der Waals surface area contributed by atoms with E-state index >= 15 is 0 Å². The first-order valence-corrected chi connectivity index (χ1v) is 12.1. The molecule has 0 saturated carbocycles. The number of thioether (sulfide) groups is 1. The Hall–Kier alpha value is -4.03. The van der Waals surface area contributed by atoms with Crippen LogP contribution in [0, 0.1) is 0 Å². The van der Waals surface area contributed by atoms with E-state index < -0.39 is 0 Å². The SMILES string of the molecule is O=C1S/C(=C\c2ccccc2OCc2ccccc2)C(=O)N1CCOc1cccc2ccccc12. The second-order valence-electron chi connectivity index (χ2n) is 7.97. The normalized spacial score (nSPS) is 14.6. The van der Waals surface area contributed by atoms with E-state index in [9.17, 15) is 9.59 Å². The van der Waals surface area contributed by atoms with Gasteiger partial charge in [-0.15, -0.1) is 0 Å². The van der Waals surface area contributed by atoms with E-state index in [-0.39, 0.29) is 24.3 Å². The van der Waals surface area contributed by atoms with Gasteiger partial charge in [-0.2, -0.15) is 0 Å². The van der Waals surface area contributed by atoms with Gasteiger partial charge in [0.15, 0.2) is 0 Å². The van der Waals surface area contributed by atoms with Gasteiger partial charge in [0.2, 0.25) is 0 Å². The van der Waals surface area contributed by atoms with Gasteiger partial charge in [0.25, 0.3) is 11.1 Å². The first-order valence-electron chi connectivity index (χ1n) is 11.3. The molecular formula is C29H23NO4S. The fourth-order valence-electron chi connectivity index (χ4n) is 3.87. The van der Waals surface area contributed by atoms with Crippen molar-refractivity contribution in [3.8, 4) is 11.5 Å². The Labute approximate surface area is 208 Å². The van der Waals surface area contributed by atoms with Crippen molar-refractivity contribution in [3.63, 3.8) is 0 Å². The highest BCUT2D eigenvalue weighted by molar-refractivity contribution is 8.18. The van der Waals surface area contributed by atoms with Gasteiger partial charge in [0.1, 0.15) is 24.7 Å². The van der Waals surface area contributed by atoms with E-state index in [2.05, 4.69) is 0 Å². The van der Waals surface area contributed by atoms with Crippen LogP contribution in [0.5, 0.6) is 11.5 Å². The number of carbonyl (C=O) groups excluding carboxylic acids is 2. The van der Waals surface area contributed by atoms with Gasteiger partial charge < -0.3 is 9.47 Å². The third-order valence-electron chi connectivity index (χ3n) is 5.64. The van der Waals surface area contributed by atoms with Gasteiger partial charge in [-0.3, -0.25) is 14.5 Å². The van der Waals surface area contributed by atoms with Crippen LogP contribution in [0.3, 0.4) is 0 Å². The third kappa shape index (κ3) is 5.23. The minimum Gasteiger partial charge on any atom is -0.491 e. The molecule has 35 heavy (non-hydrogen) atoms. The second-order valence-corrected chi connectivity index (χ2v) is 8.96. The predicted molar refractivity (Wildman–Crippen MR) is 139 cm³/mol. The molecule has 0 bridgehead atoms. The van der Waals surface area contributed by atoms with Crippen LogP contribution in [-0.2, 0) is 11.4 Å². The molecule has 5 nitrogen and oxygen atoms in total. The zero-order chi connectivity index (χ0) is 24.0. The van der Waals surface area contributed by atoms with Crippen molar-refractivity contribution < 1.29 is 19.1 Å². The molecule has 0 unspecified atom stereocenters. The van der Waals surface area contributed by atoms with Crippen LogP contribution in [0.2, 0.25) is 0 Å². The first kappa shape index (κ1) is 22.7. The molecule has 1 fully saturated rings. The molecule has 0 aromatic heterocycles. The lowest BCUT2D eigenvalue weighted by atomic mass is 10.1. The summed E-state index contributed by atoms with van der Waals surface area (Å²) in [4.78, 5) is 27.2. The largest absolute Gasteiger partial charge is 0.491 e. The van der Waals surface area contributed by atoms with Crippen molar-refractivity contribution in [2.75, 3.05) is 13.2 Å². The predicted octanol–water partition coefficient (Wildman–Crippen LogP) is 6.53. The molecule has 0 spiro atoms. The fourth-order valence-corrected chi connectivity index (χ4v) is 4.72. The molecule has 4 aromatic rings. The van der Waals surface area contributed by atoms with Crippen LogP contribution < -0.4 is 9.47 Å². The van der Waals surface area contributed by atoms with Crippen molar-refractivity contribution in [3.05, 3.63) is 113 Å². The number of hydrogen-bond acceptors (Lipinski definition) is 5. The number of hydrogen-bond donors (Lipinski definition) is 0. The zero-order valence-electron chi connectivity index (χ0n) is 18.9. The van der Waals surface area contributed by atoms with Gasteiger partial charge >= 0.3 is 0 Å². The van der Waals surface area contributed by atoms with Crippen LogP contribution >= 0.6 is 11.8 Å². The summed E-state index contributed by atoms with van der Waals surface area (Å²) in [5.41, 5.74) is 1.80. The summed E-state index contributed by atoms with van der Waals surface area (Å²) < 4.78 is 11.9. The fraction of sp³-hybridized carbons (Fsp3) is 0.103. The molecule has 0 atom stereocenters. The molecule has 1 aliphatic rings. The molecule has 1 saturated heterocycles. The zero-order valence-corrected chi connectivity index (χ0v) is 19.7. The Morgan fingerprint density at radius 1 is 0.743 bits per heavy atom. The highest BCUT2D eigenvalue weighted by atomic mass is 32.2. The second kappa shape index (κ2) is 10.5. The monoisotopic (exact) mass is 481 g/mol. The number of imide groups is 1. The number of amides is 2.